The summed E-state index contributed by atoms with van der Waals surface area (Å²) in [7, 11) is -2.48. The van der Waals surface area contributed by atoms with Gasteiger partial charge in [-0.1, -0.05) is 42.5 Å². The van der Waals surface area contributed by atoms with Gasteiger partial charge in [-0.25, -0.2) is 8.42 Å². The normalized spacial score (nSPS) is 11.0. The van der Waals surface area contributed by atoms with Crippen LogP contribution in [0.15, 0.2) is 102 Å². The molecular formula is C26H22N2O5S. The number of anilines is 2. The number of hydrogen-bond donors (Lipinski definition) is 3. The molecular weight excluding hydrogens is 452 g/mol. The monoisotopic (exact) mass is 474 g/mol. The van der Waals surface area contributed by atoms with Gasteiger partial charge in [-0.15, -0.1) is 0 Å². The predicted octanol–water partition coefficient (Wildman–Crippen LogP) is 5.12. The van der Waals surface area contributed by atoms with Crippen molar-refractivity contribution in [1.82, 2.24) is 0 Å². The molecule has 34 heavy (non-hydrogen) atoms. The van der Waals surface area contributed by atoms with Gasteiger partial charge in [0.05, 0.1) is 17.7 Å². The van der Waals surface area contributed by atoms with Gasteiger partial charge in [-0.2, -0.15) is 0 Å². The standard InChI is InChI=1S/C26H22N2O5S/c1-33-22-12-14-23(15-13-22)34(31,32)28-24-17-21(11-16-25(24)29)27-26(30)20-9-7-19(8-10-20)18-5-3-2-4-6-18/h2-17,28-29H,1H3,(H,27,30). The third-order valence-electron chi connectivity index (χ3n) is 5.12. The number of methoxy groups -OCH3 is 1. The van der Waals surface area contributed by atoms with Crippen LogP contribution >= 0.6 is 0 Å². The minimum absolute atomic E-state index is 0.000597. The van der Waals surface area contributed by atoms with Crippen LogP contribution in [-0.2, 0) is 10.0 Å². The molecule has 7 nitrogen and oxygen atoms in total. The number of phenolic OH excluding ortho intramolecular Hbond substituents is 1. The van der Waals surface area contributed by atoms with Crippen molar-refractivity contribution in [2.75, 3.05) is 17.1 Å². The average Bonchev–Trinajstić information content (AvgIpc) is 2.86. The summed E-state index contributed by atoms with van der Waals surface area (Å²) >= 11 is 0. The molecule has 4 aromatic carbocycles. The molecule has 0 aromatic heterocycles. The molecule has 0 unspecified atom stereocenters. The predicted molar refractivity (Wildman–Crippen MR) is 132 cm³/mol. The summed E-state index contributed by atoms with van der Waals surface area (Å²) in [5.74, 6) is -0.125. The van der Waals surface area contributed by atoms with Crippen LogP contribution in [0.2, 0.25) is 0 Å². The molecule has 0 spiro atoms. The molecule has 0 aliphatic rings. The van der Waals surface area contributed by atoms with Crippen molar-refractivity contribution in [2.24, 2.45) is 0 Å². The molecule has 0 saturated carbocycles. The molecule has 0 bridgehead atoms. The Morgan fingerprint density at radius 3 is 2.12 bits per heavy atom. The van der Waals surface area contributed by atoms with Gasteiger partial charge in [0.25, 0.3) is 15.9 Å². The van der Waals surface area contributed by atoms with E-state index < -0.39 is 10.0 Å². The van der Waals surface area contributed by atoms with E-state index in [4.69, 9.17) is 4.74 Å². The average molecular weight is 475 g/mol. The van der Waals surface area contributed by atoms with Crippen LogP contribution in [0, 0.1) is 0 Å². The lowest BCUT2D eigenvalue weighted by molar-refractivity contribution is 0.102. The number of sulfonamides is 1. The second-order valence-electron chi connectivity index (χ2n) is 7.41. The van der Waals surface area contributed by atoms with Crippen LogP contribution in [0.25, 0.3) is 11.1 Å². The highest BCUT2D eigenvalue weighted by atomic mass is 32.2. The number of nitrogens with one attached hydrogen (secondary N) is 2. The molecule has 3 N–H and O–H groups in total. The van der Waals surface area contributed by atoms with Crippen LogP contribution < -0.4 is 14.8 Å². The van der Waals surface area contributed by atoms with Crippen molar-refractivity contribution in [2.45, 2.75) is 4.90 Å². The maximum Gasteiger partial charge on any atom is 0.262 e. The quantitative estimate of drug-likeness (QED) is 0.255. The zero-order valence-electron chi connectivity index (χ0n) is 18.2. The van der Waals surface area contributed by atoms with E-state index in [1.54, 1.807) is 12.1 Å². The summed E-state index contributed by atoms with van der Waals surface area (Å²) < 4.78 is 32.8. The Kier molecular flexibility index (Phi) is 6.51. The summed E-state index contributed by atoms with van der Waals surface area (Å²) in [4.78, 5) is 12.7. The minimum atomic E-state index is -3.97. The molecule has 0 aliphatic heterocycles. The molecule has 0 saturated heterocycles. The van der Waals surface area contributed by atoms with E-state index >= 15 is 0 Å². The zero-order valence-corrected chi connectivity index (χ0v) is 19.0. The lowest BCUT2D eigenvalue weighted by atomic mass is 10.0. The molecule has 0 fully saturated rings. The van der Waals surface area contributed by atoms with E-state index in [2.05, 4.69) is 10.0 Å². The molecule has 0 heterocycles. The van der Waals surface area contributed by atoms with Gasteiger partial charge < -0.3 is 15.2 Å². The van der Waals surface area contributed by atoms with Gasteiger partial charge in [-0.05, 0) is 65.7 Å². The van der Waals surface area contributed by atoms with Gasteiger partial charge in [-0.3, -0.25) is 9.52 Å². The maximum atomic E-state index is 12.7. The number of amides is 1. The highest BCUT2D eigenvalue weighted by Crippen LogP contribution is 2.30. The van der Waals surface area contributed by atoms with Crippen LogP contribution in [-0.4, -0.2) is 26.5 Å². The minimum Gasteiger partial charge on any atom is -0.506 e. The molecule has 0 aliphatic carbocycles. The van der Waals surface area contributed by atoms with Crippen molar-refractivity contribution in [3.63, 3.8) is 0 Å². The summed E-state index contributed by atoms with van der Waals surface area (Å²) in [5, 5.41) is 12.9. The lowest BCUT2D eigenvalue weighted by Crippen LogP contribution is -2.14. The molecule has 4 aromatic rings. The Balaban J connectivity index is 1.50. The van der Waals surface area contributed by atoms with Gasteiger partial charge in [0.1, 0.15) is 11.5 Å². The fraction of sp³-hybridized carbons (Fsp3) is 0.0385. The van der Waals surface area contributed by atoms with Crippen LogP contribution in [0.1, 0.15) is 10.4 Å². The molecule has 172 valence electrons. The Bertz CT molecular complexity index is 1400. The number of aromatic hydroxyl groups is 1. The van der Waals surface area contributed by atoms with Crippen LogP contribution in [0.3, 0.4) is 0 Å². The van der Waals surface area contributed by atoms with E-state index in [1.807, 2.05) is 42.5 Å². The molecule has 0 radical (unpaired) electrons. The lowest BCUT2D eigenvalue weighted by Gasteiger charge is -2.12. The van der Waals surface area contributed by atoms with Crippen LogP contribution in [0.4, 0.5) is 11.4 Å². The largest absolute Gasteiger partial charge is 0.506 e. The Labute approximate surface area is 197 Å². The smallest absolute Gasteiger partial charge is 0.262 e. The van der Waals surface area contributed by atoms with Gasteiger partial charge in [0.2, 0.25) is 0 Å². The number of rotatable bonds is 7. The second-order valence-corrected chi connectivity index (χ2v) is 9.09. The Morgan fingerprint density at radius 1 is 0.824 bits per heavy atom. The first-order valence-electron chi connectivity index (χ1n) is 10.3. The van der Waals surface area contributed by atoms with E-state index in [0.717, 1.165) is 11.1 Å². The van der Waals surface area contributed by atoms with E-state index in [0.29, 0.717) is 17.0 Å². The molecule has 1 amide bonds. The summed E-state index contributed by atoms with van der Waals surface area (Å²) in [5.41, 5.74) is 2.72. The number of phenols is 1. The second kappa shape index (κ2) is 9.68. The van der Waals surface area contributed by atoms with E-state index in [1.165, 1.54) is 49.6 Å². The van der Waals surface area contributed by atoms with E-state index in [9.17, 15) is 18.3 Å². The molecule has 4 rings (SSSR count). The SMILES string of the molecule is COc1ccc(S(=O)(=O)Nc2cc(NC(=O)c3ccc(-c4ccccc4)cc3)ccc2O)cc1. The Morgan fingerprint density at radius 2 is 1.47 bits per heavy atom. The van der Waals surface area contributed by atoms with E-state index in [-0.39, 0.29) is 22.2 Å². The van der Waals surface area contributed by atoms with Gasteiger partial charge >= 0.3 is 0 Å². The summed E-state index contributed by atoms with van der Waals surface area (Å²) in [6, 6.07) is 26.9. The van der Waals surface area contributed by atoms with Crippen molar-refractivity contribution >= 4 is 27.3 Å². The topological polar surface area (TPSA) is 105 Å². The fourth-order valence-corrected chi connectivity index (χ4v) is 4.37. The van der Waals surface area contributed by atoms with Gasteiger partial charge in [0.15, 0.2) is 0 Å². The third kappa shape index (κ3) is 5.19. The van der Waals surface area contributed by atoms with Crippen molar-refractivity contribution in [3.05, 3.63) is 103 Å². The third-order valence-corrected chi connectivity index (χ3v) is 6.50. The van der Waals surface area contributed by atoms with Crippen molar-refractivity contribution < 1.29 is 23.1 Å². The number of hydrogen-bond acceptors (Lipinski definition) is 5. The highest BCUT2D eigenvalue weighted by Gasteiger charge is 2.17. The number of ether oxygens (including phenoxy) is 1. The maximum absolute atomic E-state index is 12.7. The van der Waals surface area contributed by atoms with Crippen LogP contribution in [0.5, 0.6) is 11.5 Å². The number of benzene rings is 4. The van der Waals surface area contributed by atoms with Gasteiger partial charge in [0, 0.05) is 11.3 Å². The number of carbonyl (C=O) groups excluding carboxylic acids is 1. The summed E-state index contributed by atoms with van der Waals surface area (Å²) in [6.07, 6.45) is 0. The first-order chi connectivity index (χ1) is 16.4. The molecule has 8 heteroatoms. The highest BCUT2D eigenvalue weighted by molar-refractivity contribution is 7.92. The zero-order chi connectivity index (χ0) is 24.1. The fourth-order valence-electron chi connectivity index (χ4n) is 3.30. The first-order valence-corrected chi connectivity index (χ1v) is 11.8. The number of carbonyl (C=O) groups is 1. The molecule has 0 atom stereocenters. The Hall–Kier alpha value is -4.30. The van der Waals surface area contributed by atoms with Crippen molar-refractivity contribution in [3.8, 4) is 22.6 Å². The first kappa shape index (κ1) is 22.9. The van der Waals surface area contributed by atoms with Crippen molar-refractivity contribution in [1.29, 1.82) is 0 Å². The summed E-state index contributed by atoms with van der Waals surface area (Å²) in [6.45, 7) is 0.